The molecule has 0 fully saturated rings. The van der Waals surface area contributed by atoms with E-state index >= 15 is 0 Å². The van der Waals surface area contributed by atoms with E-state index in [4.69, 9.17) is 0 Å². The molecule has 0 saturated carbocycles. The maximum absolute atomic E-state index is 3.87. The van der Waals surface area contributed by atoms with Crippen LogP contribution in [0.3, 0.4) is 0 Å². The van der Waals surface area contributed by atoms with Crippen LogP contribution in [0, 0.1) is 26.3 Å². The second-order valence-electron chi connectivity index (χ2n) is 2.44. The van der Waals surface area contributed by atoms with Gasteiger partial charge in [0.2, 0.25) is 0 Å². The van der Waals surface area contributed by atoms with Crippen molar-refractivity contribution in [2.45, 2.75) is 27.7 Å². The van der Waals surface area contributed by atoms with E-state index in [1.54, 1.807) is 6.08 Å². The Morgan fingerprint density at radius 3 is 1.86 bits per heavy atom. The van der Waals surface area contributed by atoms with Crippen LogP contribution in [-0.2, 0) is 0 Å². The van der Waals surface area contributed by atoms with Crippen molar-refractivity contribution in [3.63, 3.8) is 0 Å². The molecule has 0 amide bonds. The fourth-order valence-corrected chi connectivity index (χ4v) is 0.796. The van der Waals surface area contributed by atoms with Gasteiger partial charge in [0.05, 0.1) is 0 Å². The molecule has 14 heavy (non-hydrogen) atoms. The molecular weight excluding hydrogens is 195 g/mol. The maximum atomic E-state index is 3.87. The van der Waals surface area contributed by atoms with Crippen LogP contribution in [0.5, 0.6) is 0 Å². The van der Waals surface area contributed by atoms with E-state index in [0.29, 0.717) is 0 Å². The van der Waals surface area contributed by atoms with Gasteiger partial charge in [-0.3, -0.25) is 0 Å². The van der Waals surface area contributed by atoms with Gasteiger partial charge in [0, 0.05) is 0 Å². The van der Waals surface area contributed by atoms with Crippen LogP contribution in [0.4, 0.5) is 0 Å². The molecule has 0 aromatic heterocycles. The Balaban J connectivity index is -0.000000117. The Labute approximate surface area is 134 Å². The minimum absolute atomic E-state index is 0. The fraction of sp³-hybridized carbons (Fsp3) is 0.385. The van der Waals surface area contributed by atoms with E-state index in [1.807, 2.05) is 27.7 Å². The number of hydrogen-bond acceptors (Lipinski definition) is 0. The molecule has 78 valence electrons. The molecule has 1 heteroatoms. The molecule has 0 aromatic rings. The summed E-state index contributed by atoms with van der Waals surface area (Å²) in [6.07, 6.45) is 4.64. The second kappa shape index (κ2) is 16.3. The van der Waals surface area contributed by atoms with Gasteiger partial charge >= 0.3 is 51.4 Å². The van der Waals surface area contributed by atoms with Crippen LogP contribution in [-0.4, -0.2) is 0 Å². The molecule has 0 aliphatic carbocycles. The molecule has 0 saturated heterocycles. The van der Waals surface area contributed by atoms with Crippen LogP contribution in [0.25, 0.3) is 0 Å². The molecular formula is C13H23K-2. The van der Waals surface area contributed by atoms with Gasteiger partial charge in [-0.15, -0.1) is 0 Å². The van der Waals surface area contributed by atoms with E-state index < -0.39 is 0 Å². The third kappa shape index (κ3) is 12.9. The molecule has 0 spiro atoms. The standard InChI is InChI=1S/C10H14.C2H6.CH3.K/c1-6-7-10(8(2)3)9(4)5;1-2;;/h6,8H,1-2,4H2,3,5H3;1-2H3;1H3;/q-2;;-1;+1. The minimum Gasteiger partial charge on any atom is -0.358 e. The van der Waals surface area contributed by atoms with Gasteiger partial charge in [0.1, 0.15) is 0 Å². The van der Waals surface area contributed by atoms with Crippen LogP contribution >= 0.6 is 0 Å². The first-order valence-corrected chi connectivity index (χ1v) is 4.32. The van der Waals surface area contributed by atoms with Gasteiger partial charge in [0.25, 0.3) is 0 Å². The summed E-state index contributed by atoms with van der Waals surface area (Å²) >= 11 is 0. The predicted octanol–water partition coefficient (Wildman–Crippen LogP) is 1.43. The summed E-state index contributed by atoms with van der Waals surface area (Å²) in [6.45, 7) is 19.2. The van der Waals surface area contributed by atoms with E-state index in [0.717, 1.165) is 11.1 Å². The monoisotopic (exact) mass is 218 g/mol. The Bertz CT molecular complexity index is 164. The van der Waals surface area contributed by atoms with Crippen molar-refractivity contribution in [2.24, 2.45) is 5.92 Å². The van der Waals surface area contributed by atoms with Gasteiger partial charge in [0.15, 0.2) is 0 Å². The average Bonchev–Trinajstić information content (AvgIpc) is 2.03. The second-order valence-corrected chi connectivity index (χ2v) is 2.44. The summed E-state index contributed by atoms with van der Waals surface area (Å²) in [6, 6.07) is 0. The molecule has 0 aromatic carbocycles. The molecule has 0 heterocycles. The van der Waals surface area contributed by atoms with Crippen molar-refractivity contribution in [1.82, 2.24) is 0 Å². The normalized spacial score (nSPS) is 10.8. The number of hydrogen-bond donors (Lipinski definition) is 0. The van der Waals surface area contributed by atoms with E-state index in [2.05, 4.69) is 26.2 Å². The minimum atomic E-state index is 0. The van der Waals surface area contributed by atoms with Crippen molar-refractivity contribution in [2.75, 3.05) is 0 Å². The molecule has 0 nitrogen and oxygen atoms in total. The molecule has 1 unspecified atom stereocenters. The summed E-state index contributed by atoms with van der Waals surface area (Å²) < 4.78 is 0. The smallest absolute Gasteiger partial charge is 0.358 e. The Morgan fingerprint density at radius 2 is 1.79 bits per heavy atom. The Morgan fingerprint density at radius 1 is 1.43 bits per heavy atom. The zero-order valence-corrected chi connectivity index (χ0v) is 13.9. The predicted molar refractivity (Wildman–Crippen MR) is 64.1 cm³/mol. The quantitative estimate of drug-likeness (QED) is 0.382. The van der Waals surface area contributed by atoms with E-state index in [1.165, 1.54) is 0 Å². The van der Waals surface area contributed by atoms with Gasteiger partial charge in [-0.1, -0.05) is 27.7 Å². The van der Waals surface area contributed by atoms with Gasteiger partial charge in [-0.05, 0) is 0 Å². The summed E-state index contributed by atoms with van der Waals surface area (Å²) in [5.41, 5.74) is 2.07. The van der Waals surface area contributed by atoms with Crippen LogP contribution < -0.4 is 51.4 Å². The zero-order valence-electron chi connectivity index (χ0n) is 10.8. The van der Waals surface area contributed by atoms with E-state index in [9.17, 15) is 0 Å². The van der Waals surface area contributed by atoms with Crippen molar-refractivity contribution in [1.29, 1.82) is 0 Å². The summed E-state index contributed by atoms with van der Waals surface area (Å²) in [5, 5.41) is 0. The average molecular weight is 218 g/mol. The molecule has 0 bridgehead atoms. The first kappa shape index (κ1) is 24.2. The number of rotatable bonds is 3. The first-order chi connectivity index (χ1) is 5.59. The maximum Gasteiger partial charge on any atom is 1.00 e. The largest absolute Gasteiger partial charge is 1.00 e. The summed E-state index contributed by atoms with van der Waals surface area (Å²) in [4.78, 5) is 0. The number of allylic oxidation sites excluding steroid dienone is 4. The zero-order chi connectivity index (χ0) is 10.1. The molecule has 0 radical (unpaired) electrons. The molecule has 0 rings (SSSR count). The third-order valence-corrected chi connectivity index (χ3v) is 1.21. The van der Waals surface area contributed by atoms with Crippen LogP contribution in [0.15, 0.2) is 30.4 Å². The Hall–Kier alpha value is 0.856. The topological polar surface area (TPSA) is 0 Å². The van der Waals surface area contributed by atoms with E-state index in [-0.39, 0.29) is 64.7 Å². The molecule has 0 aliphatic heterocycles. The van der Waals surface area contributed by atoms with Gasteiger partial charge < -0.3 is 14.4 Å². The van der Waals surface area contributed by atoms with Crippen molar-refractivity contribution in [3.8, 4) is 0 Å². The fourth-order valence-electron chi connectivity index (χ4n) is 0.796. The van der Waals surface area contributed by atoms with Crippen molar-refractivity contribution in [3.05, 3.63) is 50.8 Å². The first-order valence-electron chi connectivity index (χ1n) is 4.32. The van der Waals surface area contributed by atoms with Gasteiger partial charge in [-0.25, -0.2) is 0 Å². The Kier molecular flexibility index (Phi) is 28.2. The van der Waals surface area contributed by atoms with Crippen molar-refractivity contribution < 1.29 is 51.4 Å². The van der Waals surface area contributed by atoms with Gasteiger partial charge in [-0.2, -0.15) is 42.4 Å². The van der Waals surface area contributed by atoms with Crippen molar-refractivity contribution >= 4 is 0 Å². The summed E-state index contributed by atoms with van der Waals surface area (Å²) in [7, 11) is 0. The third-order valence-electron chi connectivity index (χ3n) is 1.21. The van der Waals surface area contributed by atoms with Crippen LogP contribution in [0.1, 0.15) is 27.7 Å². The van der Waals surface area contributed by atoms with Crippen LogP contribution in [0.2, 0.25) is 0 Å². The molecule has 1 atom stereocenters. The molecule has 0 N–H and O–H groups in total. The molecule has 0 aliphatic rings. The SMILES string of the molecule is C=C[C-]=C(C(=C)C)C([CH2-])C.CC.[CH3-].[K+]. The summed E-state index contributed by atoms with van der Waals surface area (Å²) in [5.74, 6) is 0.246.